The Balaban J connectivity index is 0.000000243. The molecule has 76 valence electrons. The van der Waals surface area contributed by atoms with Crippen LogP contribution >= 0.6 is 0 Å². The minimum Gasteiger partial charge on any atom is -0.452 e. The van der Waals surface area contributed by atoms with Crippen LogP contribution in [0.1, 0.15) is 0 Å². The molecule has 0 aliphatic rings. The molecule has 0 amide bonds. The summed E-state index contributed by atoms with van der Waals surface area (Å²) < 4.78 is 62.0. The zero-order chi connectivity index (χ0) is 10.5. The maximum atomic E-state index is 10.7. The maximum absolute atomic E-state index is 10.7. The fourth-order valence-corrected chi connectivity index (χ4v) is 0.176. The molecule has 0 radical (unpaired) electrons. The van der Waals surface area contributed by atoms with Gasteiger partial charge in [-0.15, -0.1) is 0 Å². The topological polar surface area (TPSA) is 80.4 Å². The number of aromatic nitrogens is 1. The van der Waals surface area contributed by atoms with Gasteiger partial charge in [0.25, 0.3) is 0 Å². The summed E-state index contributed by atoms with van der Waals surface area (Å²) >= 11 is 0. The number of halogens is 3. The lowest BCUT2D eigenvalue weighted by Gasteiger charge is -1.97. The largest absolute Gasteiger partial charge is 0.522 e. The van der Waals surface area contributed by atoms with Crippen molar-refractivity contribution in [2.24, 2.45) is 0 Å². The van der Waals surface area contributed by atoms with E-state index < -0.39 is 15.6 Å². The lowest BCUT2D eigenvalue weighted by Crippen LogP contribution is -2.21. The second-order valence-corrected chi connectivity index (χ2v) is 3.01. The van der Waals surface area contributed by atoms with E-state index in [1.165, 1.54) is 12.7 Å². The quantitative estimate of drug-likeness (QED) is 0.521. The molecule has 0 aromatic carbocycles. The molecule has 1 aromatic heterocycles. The zero-order valence-corrected chi connectivity index (χ0v) is 6.71. The van der Waals surface area contributed by atoms with Crippen LogP contribution in [0.5, 0.6) is 0 Å². The van der Waals surface area contributed by atoms with Gasteiger partial charge in [-0.2, -0.15) is 21.6 Å². The molecule has 0 fully saturated rings. The Kier molecular flexibility index (Phi) is 3.88. The van der Waals surface area contributed by atoms with Crippen LogP contribution in [0.2, 0.25) is 0 Å². The predicted molar refractivity (Wildman–Crippen MR) is 34.1 cm³/mol. The first-order valence-electron chi connectivity index (χ1n) is 2.61. The van der Waals surface area contributed by atoms with E-state index >= 15 is 0 Å². The Morgan fingerprint density at radius 2 is 1.85 bits per heavy atom. The molecule has 5 nitrogen and oxygen atoms in total. The van der Waals surface area contributed by atoms with Gasteiger partial charge in [-0.25, -0.2) is 4.98 Å². The van der Waals surface area contributed by atoms with E-state index in [1.54, 1.807) is 6.20 Å². The first-order chi connectivity index (χ1) is 5.75. The molecule has 1 aromatic rings. The van der Waals surface area contributed by atoms with Gasteiger partial charge in [0, 0.05) is 0 Å². The van der Waals surface area contributed by atoms with Crippen molar-refractivity contribution < 1.29 is 30.6 Å². The molecule has 9 heteroatoms. The molecular weight excluding hydrogens is 215 g/mol. The third kappa shape index (κ3) is 5.20. The normalized spacial score (nSPS) is 11.7. The standard InChI is InChI=1S/C3H3NO.CHF3O3S/c1-2-5-3-4-1;2-1(3,4)8(5,6)7/h1-3H;(H,5,6,7). The van der Waals surface area contributed by atoms with Gasteiger partial charge >= 0.3 is 15.6 Å². The predicted octanol–water partition coefficient (Wildman–Crippen LogP) is 1.07. The van der Waals surface area contributed by atoms with Gasteiger partial charge in [0.1, 0.15) is 6.26 Å². The van der Waals surface area contributed by atoms with E-state index in [4.69, 9.17) is 13.0 Å². The Hall–Kier alpha value is -1.09. The summed E-state index contributed by atoms with van der Waals surface area (Å²) in [7, 11) is -5.84. The highest BCUT2D eigenvalue weighted by molar-refractivity contribution is 7.86. The zero-order valence-electron chi connectivity index (χ0n) is 5.89. The van der Waals surface area contributed by atoms with E-state index in [0.717, 1.165) is 0 Å². The molecule has 0 unspecified atom stereocenters. The summed E-state index contributed by atoms with van der Waals surface area (Å²) in [5, 5.41) is 0. The van der Waals surface area contributed by atoms with Crippen LogP contribution in [0.3, 0.4) is 0 Å². The number of hydrogen-bond acceptors (Lipinski definition) is 4. The highest BCUT2D eigenvalue weighted by Crippen LogP contribution is 2.20. The van der Waals surface area contributed by atoms with E-state index in [-0.39, 0.29) is 0 Å². The minimum absolute atomic E-state index is 1.38. The van der Waals surface area contributed by atoms with Crippen LogP contribution in [-0.4, -0.2) is 23.5 Å². The lowest BCUT2D eigenvalue weighted by atomic mass is 11.0. The average Bonchev–Trinajstić information content (AvgIpc) is 2.35. The Morgan fingerprint density at radius 1 is 1.38 bits per heavy atom. The smallest absolute Gasteiger partial charge is 0.452 e. The van der Waals surface area contributed by atoms with Crippen LogP contribution in [0, 0.1) is 0 Å². The lowest BCUT2D eigenvalue weighted by molar-refractivity contribution is -0.0510. The fourth-order valence-electron chi connectivity index (χ4n) is 0.176. The van der Waals surface area contributed by atoms with Crippen LogP contribution in [-0.2, 0) is 10.1 Å². The second-order valence-electron chi connectivity index (χ2n) is 1.60. The van der Waals surface area contributed by atoms with E-state index in [1.807, 2.05) is 0 Å². The van der Waals surface area contributed by atoms with Gasteiger partial charge in [-0.1, -0.05) is 0 Å². The molecule has 1 rings (SSSR count). The third-order valence-electron chi connectivity index (χ3n) is 0.640. The number of oxazole rings is 1. The van der Waals surface area contributed by atoms with E-state index in [2.05, 4.69) is 9.40 Å². The van der Waals surface area contributed by atoms with Crippen molar-refractivity contribution in [2.75, 3.05) is 0 Å². The van der Waals surface area contributed by atoms with Crippen LogP contribution in [0.4, 0.5) is 13.2 Å². The molecule has 0 atom stereocenters. The molecule has 1 heterocycles. The van der Waals surface area contributed by atoms with Crippen LogP contribution in [0.15, 0.2) is 23.3 Å². The highest BCUT2D eigenvalue weighted by atomic mass is 32.2. The van der Waals surface area contributed by atoms with E-state index in [9.17, 15) is 13.2 Å². The summed E-state index contributed by atoms with van der Waals surface area (Å²) in [6.07, 6.45) is 4.47. The minimum atomic E-state index is -5.84. The van der Waals surface area contributed by atoms with Gasteiger partial charge in [0.15, 0.2) is 6.39 Å². The van der Waals surface area contributed by atoms with Crippen molar-refractivity contribution >= 4 is 10.1 Å². The van der Waals surface area contributed by atoms with Crippen molar-refractivity contribution in [3.8, 4) is 0 Å². The maximum Gasteiger partial charge on any atom is 0.522 e. The van der Waals surface area contributed by atoms with E-state index in [0.29, 0.717) is 0 Å². The second kappa shape index (κ2) is 4.23. The summed E-state index contributed by atoms with van der Waals surface area (Å²) in [6, 6.07) is 0. The summed E-state index contributed by atoms with van der Waals surface area (Å²) in [4.78, 5) is 3.56. The fraction of sp³-hybridized carbons (Fsp3) is 0.250. The van der Waals surface area contributed by atoms with Gasteiger partial charge in [0.05, 0.1) is 6.20 Å². The summed E-state index contributed by atoms with van der Waals surface area (Å²) in [6.45, 7) is 0. The molecular formula is C4H4F3NO4S. The van der Waals surface area contributed by atoms with Gasteiger partial charge in [0.2, 0.25) is 0 Å². The van der Waals surface area contributed by atoms with Crippen molar-refractivity contribution in [1.82, 2.24) is 4.98 Å². The van der Waals surface area contributed by atoms with Crippen LogP contribution in [0.25, 0.3) is 0 Å². The molecule has 0 saturated carbocycles. The Bertz CT molecular complexity index is 298. The van der Waals surface area contributed by atoms with Gasteiger partial charge < -0.3 is 4.42 Å². The summed E-state index contributed by atoms with van der Waals surface area (Å²) in [5.41, 5.74) is -5.53. The third-order valence-corrected chi connectivity index (χ3v) is 1.22. The molecule has 0 aliphatic carbocycles. The van der Waals surface area contributed by atoms with Gasteiger partial charge in [-0.3, -0.25) is 4.55 Å². The van der Waals surface area contributed by atoms with Crippen molar-refractivity contribution in [1.29, 1.82) is 0 Å². The molecule has 0 aliphatic heterocycles. The molecule has 13 heavy (non-hydrogen) atoms. The number of hydrogen-bond donors (Lipinski definition) is 1. The number of nitrogens with zero attached hydrogens (tertiary/aromatic N) is 1. The van der Waals surface area contributed by atoms with Crippen molar-refractivity contribution in [3.63, 3.8) is 0 Å². The molecule has 0 spiro atoms. The number of rotatable bonds is 0. The average molecular weight is 219 g/mol. The van der Waals surface area contributed by atoms with Crippen LogP contribution < -0.4 is 0 Å². The highest BCUT2D eigenvalue weighted by Gasteiger charge is 2.44. The molecule has 1 N–H and O–H groups in total. The monoisotopic (exact) mass is 219 g/mol. The van der Waals surface area contributed by atoms with Crippen molar-refractivity contribution in [3.05, 3.63) is 18.9 Å². The van der Waals surface area contributed by atoms with Crippen molar-refractivity contribution in [2.45, 2.75) is 5.51 Å². The Labute approximate surface area is 70.9 Å². The molecule has 0 bridgehead atoms. The first kappa shape index (κ1) is 11.9. The van der Waals surface area contributed by atoms with Gasteiger partial charge in [-0.05, 0) is 0 Å². The SMILES string of the molecule is O=S(=O)(O)C(F)(F)F.c1cocn1. The number of alkyl halides is 3. The first-order valence-corrected chi connectivity index (χ1v) is 4.05. The Morgan fingerprint density at radius 3 is 1.92 bits per heavy atom. The molecule has 0 saturated heterocycles. The summed E-state index contributed by atoms with van der Waals surface area (Å²) in [5.74, 6) is 0.